The van der Waals surface area contributed by atoms with E-state index in [0.717, 1.165) is 11.1 Å². The molecule has 0 aliphatic carbocycles. The van der Waals surface area contributed by atoms with Crippen molar-refractivity contribution in [3.05, 3.63) is 83.7 Å². The minimum atomic E-state index is -3.30. The van der Waals surface area contributed by atoms with Gasteiger partial charge in [0.15, 0.2) is 5.82 Å². The number of nitrogens with one attached hydrogen (secondary N) is 2. The summed E-state index contributed by atoms with van der Waals surface area (Å²) >= 11 is 0. The Hall–Kier alpha value is -3.10. The molecule has 0 atom stereocenters. The van der Waals surface area contributed by atoms with Gasteiger partial charge in [-0.05, 0) is 18.2 Å². The number of benzene rings is 2. The fourth-order valence-electron chi connectivity index (χ4n) is 2.51. The molecule has 7 nitrogen and oxygen atoms in total. The first-order valence-corrected chi connectivity index (χ1v) is 10.3. The van der Waals surface area contributed by atoms with Crippen LogP contribution in [-0.2, 0) is 22.3 Å². The molecule has 0 spiro atoms. The lowest BCUT2D eigenvalue weighted by Gasteiger charge is -2.07. The predicted octanol–water partition coefficient (Wildman–Crippen LogP) is 2.12. The molecule has 144 valence electrons. The van der Waals surface area contributed by atoms with E-state index in [9.17, 15) is 13.2 Å². The summed E-state index contributed by atoms with van der Waals surface area (Å²) < 4.78 is 25.4. The topological polar surface area (TPSA) is 101 Å². The van der Waals surface area contributed by atoms with Crippen molar-refractivity contribution in [2.24, 2.45) is 0 Å². The Labute approximate surface area is 163 Å². The molecule has 0 fully saturated rings. The Kier molecular flexibility index (Phi) is 6.13. The molecule has 0 saturated carbocycles. The highest BCUT2D eigenvalue weighted by molar-refractivity contribution is 7.88. The molecule has 3 rings (SSSR count). The smallest absolute Gasteiger partial charge is 0.254 e. The van der Waals surface area contributed by atoms with Gasteiger partial charge in [-0.3, -0.25) is 4.79 Å². The zero-order valence-electron chi connectivity index (χ0n) is 15.3. The van der Waals surface area contributed by atoms with E-state index in [4.69, 9.17) is 0 Å². The van der Waals surface area contributed by atoms with Crippen LogP contribution >= 0.6 is 0 Å². The fourth-order valence-corrected chi connectivity index (χ4v) is 3.29. The number of carbonyl (C=O) groups is 1. The molecule has 1 heterocycles. The van der Waals surface area contributed by atoms with E-state index in [2.05, 4.69) is 20.0 Å². The highest BCUT2D eigenvalue weighted by Crippen LogP contribution is 2.13. The summed E-state index contributed by atoms with van der Waals surface area (Å²) in [6.07, 6.45) is 2.99. The van der Waals surface area contributed by atoms with E-state index in [1.165, 1.54) is 19.4 Å². The maximum atomic E-state index is 12.3. The summed E-state index contributed by atoms with van der Waals surface area (Å²) in [4.78, 5) is 20.8. The first-order valence-electron chi connectivity index (χ1n) is 8.61. The highest BCUT2D eigenvalue weighted by atomic mass is 32.2. The Morgan fingerprint density at radius 2 is 1.54 bits per heavy atom. The molecule has 8 heteroatoms. The molecular formula is C20H20N4O3S. The zero-order valence-corrected chi connectivity index (χ0v) is 16.1. The Morgan fingerprint density at radius 1 is 0.929 bits per heavy atom. The van der Waals surface area contributed by atoms with Crippen molar-refractivity contribution in [3.63, 3.8) is 0 Å². The van der Waals surface area contributed by atoms with E-state index < -0.39 is 10.0 Å². The van der Waals surface area contributed by atoms with E-state index >= 15 is 0 Å². The molecule has 28 heavy (non-hydrogen) atoms. The van der Waals surface area contributed by atoms with Crippen LogP contribution in [0.2, 0.25) is 0 Å². The lowest BCUT2D eigenvalue weighted by Crippen LogP contribution is -2.23. The fraction of sp³-hybridized carbons (Fsp3) is 0.150. The van der Waals surface area contributed by atoms with Crippen molar-refractivity contribution >= 4 is 15.9 Å². The number of nitrogens with zero attached hydrogens (tertiary/aromatic N) is 2. The summed E-state index contributed by atoms with van der Waals surface area (Å²) in [7, 11) is -1.92. The van der Waals surface area contributed by atoms with Gasteiger partial charge in [0, 0.05) is 24.5 Å². The maximum Gasteiger partial charge on any atom is 0.254 e. The Bertz CT molecular complexity index is 1040. The maximum absolute atomic E-state index is 12.3. The quantitative estimate of drug-likeness (QED) is 0.637. The van der Waals surface area contributed by atoms with E-state index in [-0.39, 0.29) is 11.7 Å². The molecule has 0 aliphatic rings. The minimum absolute atomic E-state index is 0.0821. The average molecular weight is 396 g/mol. The molecular weight excluding hydrogens is 376 g/mol. The molecule has 0 saturated heterocycles. The number of amides is 1. The first kappa shape index (κ1) is 19.7. The summed E-state index contributed by atoms with van der Waals surface area (Å²) in [6.45, 7) is 0.318. The first-order chi connectivity index (χ1) is 13.5. The standard InChI is InChI=1S/C20H20N4O3S/c1-21-28(26,27)14-16-9-7-15(8-10-16)11-24-20(25)18-12-22-19(23-13-18)17-5-3-2-4-6-17/h2-10,12-13,21H,11,14H2,1H3,(H,24,25). The van der Waals surface area contributed by atoms with Crippen LogP contribution in [0.15, 0.2) is 67.0 Å². The largest absolute Gasteiger partial charge is 0.348 e. The van der Waals surface area contributed by atoms with E-state index in [0.29, 0.717) is 23.5 Å². The number of hydrogen-bond donors (Lipinski definition) is 2. The van der Waals surface area contributed by atoms with Crippen LogP contribution in [0.3, 0.4) is 0 Å². The molecule has 0 radical (unpaired) electrons. The van der Waals surface area contributed by atoms with Crippen molar-refractivity contribution < 1.29 is 13.2 Å². The second-order valence-electron chi connectivity index (χ2n) is 6.12. The third-order valence-electron chi connectivity index (χ3n) is 4.09. The SMILES string of the molecule is CNS(=O)(=O)Cc1ccc(CNC(=O)c2cnc(-c3ccccc3)nc2)cc1. The van der Waals surface area contributed by atoms with Crippen LogP contribution in [0.5, 0.6) is 0 Å². The number of carbonyl (C=O) groups excluding carboxylic acids is 1. The van der Waals surface area contributed by atoms with E-state index in [1.54, 1.807) is 24.3 Å². The summed E-state index contributed by atoms with van der Waals surface area (Å²) in [6, 6.07) is 16.6. The van der Waals surface area contributed by atoms with Gasteiger partial charge in [-0.2, -0.15) is 0 Å². The Balaban J connectivity index is 1.58. The number of aromatic nitrogens is 2. The summed E-state index contributed by atoms with van der Waals surface area (Å²) in [5, 5.41) is 2.80. The second-order valence-corrected chi connectivity index (χ2v) is 8.05. The van der Waals surface area contributed by atoms with Crippen LogP contribution < -0.4 is 10.0 Å². The third-order valence-corrected chi connectivity index (χ3v) is 5.43. The van der Waals surface area contributed by atoms with Gasteiger partial charge in [0.1, 0.15) is 0 Å². The zero-order chi connectivity index (χ0) is 20.0. The molecule has 2 N–H and O–H groups in total. The second kappa shape index (κ2) is 8.73. The van der Waals surface area contributed by atoms with Gasteiger partial charge in [-0.1, -0.05) is 54.6 Å². The van der Waals surface area contributed by atoms with Gasteiger partial charge < -0.3 is 5.32 Å². The molecule has 0 bridgehead atoms. The number of hydrogen-bond acceptors (Lipinski definition) is 5. The van der Waals surface area contributed by atoms with Crippen molar-refractivity contribution in [3.8, 4) is 11.4 Å². The minimum Gasteiger partial charge on any atom is -0.348 e. The monoisotopic (exact) mass is 396 g/mol. The van der Waals surface area contributed by atoms with Gasteiger partial charge in [0.05, 0.1) is 11.3 Å². The average Bonchev–Trinajstić information content (AvgIpc) is 2.73. The van der Waals surface area contributed by atoms with Crippen molar-refractivity contribution in [1.82, 2.24) is 20.0 Å². The molecule has 3 aromatic rings. The normalized spacial score (nSPS) is 11.2. The predicted molar refractivity (Wildman–Crippen MR) is 107 cm³/mol. The van der Waals surface area contributed by atoms with Crippen molar-refractivity contribution in [2.75, 3.05) is 7.05 Å². The van der Waals surface area contributed by atoms with Crippen LogP contribution in [0.4, 0.5) is 0 Å². The van der Waals surface area contributed by atoms with Gasteiger partial charge in [0.2, 0.25) is 10.0 Å². The van der Waals surface area contributed by atoms with Crippen LogP contribution in [0, 0.1) is 0 Å². The van der Waals surface area contributed by atoms with Gasteiger partial charge in [-0.25, -0.2) is 23.1 Å². The summed E-state index contributed by atoms with van der Waals surface area (Å²) in [5.41, 5.74) is 2.79. The van der Waals surface area contributed by atoms with Crippen LogP contribution in [-0.4, -0.2) is 31.3 Å². The van der Waals surface area contributed by atoms with E-state index in [1.807, 2.05) is 30.3 Å². The summed E-state index contributed by atoms with van der Waals surface area (Å²) in [5.74, 6) is 0.201. The number of rotatable bonds is 7. The van der Waals surface area contributed by atoms with Crippen molar-refractivity contribution in [2.45, 2.75) is 12.3 Å². The van der Waals surface area contributed by atoms with Crippen molar-refractivity contribution in [1.29, 1.82) is 0 Å². The lowest BCUT2D eigenvalue weighted by atomic mass is 10.1. The van der Waals surface area contributed by atoms with Crippen LogP contribution in [0.1, 0.15) is 21.5 Å². The molecule has 1 aromatic heterocycles. The Morgan fingerprint density at radius 3 is 2.14 bits per heavy atom. The lowest BCUT2D eigenvalue weighted by molar-refractivity contribution is 0.0950. The molecule has 2 aromatic carbocycles. The highest BCUT2D eigenvalue weighted by Gasteiger charge is 2.10. The molecule has 0 aliphatic heterocycles. The third kappa shape index (κ3) is 5.21. The van der Waals surface area contributed by atoms with Gasteiger partial charge >= 0.3 is 0 Å². The molecule has 1 amide bonds. The van der Waals surface area contributed by atoms with Crippen LogP contribution in [0.25, 0.3) is 11.4 Å². The van der Waals surface area contributed by atoms with Gasteiger partial charge in [0.25, 0.3) is 5.91 Å². The van der Waals surface area contributed by atoms with Gasteiger partial charge in [-0.15, -0.1) is 0 Å². The molecule has 0 unspecified atom stereocenters. The number of sulfonamides is 1.